The van der Waals surface area contributed by atoms with Crippen LogP contribution in [0.1, 0.15) is 74.9 Å². The minimum atomic E-state index is -0.962. The Morgan fingerprint density at radius 3 is 2.14 bits per heavy atom. The third kappa shape index (κ3) is 4.38. The van der Waals surface area contributed by atoms with E-state index in [1.807, 2.05) is 18.2 Å². The summed E-state index contributed by atoms with van der Waals surface area (Å²) in [6, 6.07) is 5.80. The first-order chi connectivity index (χ1) is 13.5. The van der Waals surface area contributed by atoms with Gasteiger partial charge in [0.05, 0.1) is 0 Å². The van der Waals surface area contributed by atoms with Crippen LogP contribution in [-0.2, 0) is 15.6 Å². The molecule has 0 saturated carbocycles. The van der Waals surface area contributed by atoms with Crippen molar-refractivity contribution in [2.75, 3.05) is 13.1 Å². The molecule has 7 nitrogen and oxygen atoms in total. The fourth-order valence-electron chi connectivity index (χ4n) is 4.36. The highest BCUT2D eigenvalue weighted by molar-refractivity contribution is 5.96. The highest BCUT2D eigenvalue weighted by Gasteiger charge is 2.37. The molecular weight excluding hydrogens is 370 g/mol. The highest BCUT2D eigenvalue weighted by Crippen LogP contribution is 2.45. The zero-order valence-electron chi connectivity index (χ0n) is 17.7. The van der Waals surface area contributed by atoms with Crippen LogP contribution < -0.4 is 10.9 Å². The van der Waals surface area contributed by atoms with Crippen LogP contribution in [0.15, 0.2) is 18.2 Å². The van der Waals surface area contributed by atoms with Crippen LogP contribution >= 0.6 is 0 Å². The second kappa shape index (κ2) is 7.69. The van der Waals surface area contributed by atoms with E-state index < -0.39 is 6.09 Å². The summed E-state index contributed by atoms with van der Waals surface area (Å²) in [5.41, 5.74) is 8.10. The molecule has 2 aliphatic rings. The molecule has 3 amide bonds. The Morgan fingerprint density at radius 2 is 1.55 bits per heavy atom. The van der Waals surface area contributed by atoms with Crippen LogP contribution in [0.4, 0.5) is 4.79 Å². The third-order valence-electron chi connectivity index (χ3n) is 6.55. The van der Waals surface area contributed by atoms with E-state index >= 15 is 0 Å². The van der Waals surface area contributed by atoms with Crippen LogP contribution in [0, 0.1) is 5.92 Å². The van der Waals surface area contributed by atoms with Gasteiger partial charge in [-0.15, -0.1) is 0 Å². The zero-order chi connectivity index (χ0) is 21.4. The van der Waals surface area contributed by atoms with E-state index in [1.165, 1.54) is 16.0 Å². The van der Waals surface area contributed by atoms with Crippen LogP contribution in [-0.4, -0.2) is 41.0 Å². The molecule has 0 aromatic heterocycles. The van der Waals surface area contributed by atoms with Gasteiger partial charge in [0.15, 0.2) is 0 Å². The number of likely N-dealkylation sites (tertiary alicyclic amines) is 1. The van der Waals surface area contributed by atoms with Gasteiger partial charge in [0.1, 0.15) is 0 Å². The molecule has 1 heterocycles. The molecule has 3 N–H and O–H groups in total. The van der Waals surface area contributed by atoms with Gasteiger partial charge in [0.25, 0.3) is 5.91 Å². The molecule has 0 atom stereocenters. The summed E-state index contributed by atoms with van der Waals surface area (Å²) in [7, 11) is 0. The van der Waals surface area contributed by atoms with Crippen molar-refractivity contribution in [2.45, 2.75) is 64.2 Å². The quantitative estimate of drug-likeness (QED) is 0.663. The van der Waals surface area contributed by atoms with E-state index in [0.29, 0.717) is 31.5 Å². The number of nitrogens with one attached hydrogen (secondary N) is 2. The predicted octanol–water partition coefficient (Wildman–Crippen LogP) is 3.19. The Kier molecular flexibility index (Phi) is 5.61. The number of nitrogens with zero attached hydrogens (tertiary/aromatic N) is 1. The lowest BCUT2D eigenvalue weighted by Gasteiger charge is -2.42. The summed E-state index contributed by atoms with van der Waals surface area (Å²) < 4.78 is 0. The Labute approximate surface area is 171 Å². The molecule has 158 valence electrons. The molecule has 1 fully saturated rings. The van der Waals surface area contributed by atoms with Crippen LogP contribution in [0.2, 0.25) is 0 Å². The number of carbonyl (C=O) groups excluding carboxylic acids is 2. The molecule has 29 heavy (non-hydrogen) atoms. The lowest BCUT2D eigenvalue weighted by atomic mass is 9.63. The van der Waals surface area contributed by atoms with Gasteiger partial charge in [0, 0.05) is 24.6 Å². The second-order valence-corrected chi connectivity index (χ2v) is 9.52. The first-order valence-corrected chi connectivity index (χ1v) is 10.2. The van der Waals surface area contributed by atoms with Gasteiger partial charge >= 0.3 is 6.09 Å². The van der Waals surface area contributed by atoms with E-state index in [-0.39, 0.29) is 28.6 Å². The lowest BCUT2D eigenvalue weighted by molar-refractivity contribution is -0.127. The summed E-state index contributed by atoms with van der Waals surface area (Å²) in [6.07, 6.45) is 2.11. The number of fused-ring (bicyclic) bond motifs is 1. The standard InChI is InChI=1S/C22H31N3O4/c1-21(2)9-10-22(3,4)17-13-15(5-6-16(17)21)19(27)24-23-18(26)14-7-11-25(12-8-14)20(28)29/h5-6,13-14H,7-12H2,1-4H3,(H,23,26)(H,24,27)(H,28,29). The molecule has 7 heteroatoms. The molecule has 0 radical (unpaired) electrons. The van der Waals surface area contributed by atoms with Crippen LogP contribution in [0.3, 0.4) is 0 Å². The Balaban J connectivity index is 1.63. The SMILES string of the molecule is CC1(C)CCC(C)(C)c2cc(C(=O)NNC(=O)C3CCN(C(=O)O)CC3)ccc21. The molecule has 1 aliphatic carbocycles. The highest BCUT2D eigenvalue weighted by atomic mass is 16.4. The number of rotatable bonds is 2. The zero-order valence-corrected chi connectivity index (χ0v) is 17.7. The number of hydrogen-bond donors (Lipinski definition) is 3. The Hall–Kier alpha value is -2.57. The van der Waals surface area contributed by atoms with Gasteiger partial charge in [-0.3, -0.25) is 20.4 Å². The molecule has 0 unspecified atom stereocenters. The van der Waals surface area contributed by atoms with Gasteiger partial charge in [-0.25, -0.2) is 4.79 Å². The van der Waals surface area contributed by atoms with Crippen molar-refractivity contribution in [3.05, 3.63) is 34.9 Å². The first kappa shape index (κ1) is 21.1. The fraction of sp³-hybridized carbons (Fsp3) is 0.591. The molecular formula is C22H31N3O4. The minimum absolute atomic E-state index is 0.00248. The Bertz CT molecular complexity index is 823. The molecule has 0 bridgehead atoms. The smallest absolute Gasteiger partial charge is 0.407 e. The number of hydrazine groups is 1. The van der Waals surface area contributed by atoms with E-state index in [9.17, 15) is 14.4 Å². The minimum Gasteiger partial charge on any atom is -0.465 e. The summed E-state index contributed by atoms with van der Waals surface area (Å²) in [5, 5.41) is 8.99. The van der Waals surface area contributed by atoms with Gasteiger partial charge < -0.3 is 10.0 Å². The van der Waals surface area contributed by atoms with Crippen molar-refractivity contribution in [1.82, 2.24) is 15.8 Å². The Morgan fingerprint density at radius 1 is 0.966 bits per heavy atom. The normalized spacial score (nSPS) is 20.5. The average Bonchev–Trinajstić information content (AvgIpc) is 2.69. The van der Waals surface area contributed by atoms with Crippen molar-refractivity contribution >= 4 is 17.9 Å². The number of carboxylic acid groups (broad SMARTS) is 1. The van der Waals surface area contributed by atoms with E-state index in [2.05, 4.69) is 38.5 Å². The number of benzene rings is 1. The van der Waals surface area contributed by atoms with Crippen molar-refractivity contribution in [3.8, 4) is 0 Å². The fourth-order valence-corrected chi connectivity index (χ4v) is 4.36. The number of piperidine rings is 1. The average molecular weight is 402 g/mol. The van der Waals surface area contributed by atoms with E-state index in [0.717, 1.165) is 12.8 Å². The molecule has 1 aromatic rings. The molecule has 0 spiro atoms. The van der Waals surface area contributed by atoms with Gasteiger partial charge in [-0.1, -0.05) is 33.8 Å². The first-order valence-electron chi connectivity index (χ1n) is 10.2. The number of amides is 3. The number of hydrogen-bond acceptors (Lipinski definition) is 3. The van der Waals surface area contributed by atoms with Crippen molar-refractivity contribution in [3.63, 3.8) is 0 Å². The molecule has 3 rings (SSSR count). The maximum absolute atomic E-state index is 12.6. The summed E-state index contributed by atoms with van der Waals surface area (Å²) in [5.74, 6) is -0.916. The van der Waals surface area contributed by atoms with Crippen molar-refractivity contribution < 1.29 is 19.5 Å². The maximum atomic E-state index is 12.6. The monoisotopic (exact) mass is 401 g/mol. The topological polar surface area (TPSA) is 98.7 Å². The van der Waals surface area contributed by atoms with Crippen molar-refractivity contribution in [1.29, 1.82) is 0 Å². The molecule has 1 saturated heterocycles. The lowest BCUT2D eigenvalue weighted by Crippen LogP contribution is -2.48. The van der Waals surface area contributed by atoms with Crippen molar-refractivity contribution in [2.24, 2.45) is 5.92 Å². The summed E-state index contributed by atoms with van der Waals surface area (Å²) in [6.45, 7) is 9.53. The van der Waals surface area contributed by atoms with Gasteiger partial charge in [-0.05, 0) is 59.8 Å². The number of carbonyl (C=O) groups is 3. The van der Waals surface area contributed by atoms with Gasteiger partial charge in [0.2, 0.25) is 5.91 Å². The molecule has 1 aliphatic heterocycles. The summed E-state index contributed by atoms with van der Waals surface area (Å²) in [4.78, 5) is 37.2. The van der Waals surface area contributed by atoms with Gasteiger partial charge in [-0.2, -0.15) is 0 Å². The van der Waals surface area contributed by atoms with Crippen LogP contribution in [0.25, 0.3) is 0 Å². The van der Waals surface area contributed by atoms with E-state index in [1.54, 1.807) is 0 Å². The summed E-state index contributed by atoms with van der Waals surface area (Å²) >= 11 is 0. The molecule has 1 aromatic carbocycles. The second-order valence-electron chi connectivity index (χ2n) is 9.52. The predicted molar refractivity (Wildman–Crippen MR) is 110 cm³/mol. The maximum Gasteiger partial charge on any atom is 0.407 e. The largest absolute Gasteiger partial charge is 0.465 e. The van der Waals surface area contributed by atoms with E-state index in [4.69, 9.17) is 5.11 Å². The van der Waals surface area contributed by atoms with Crippen LogP contribution in [0.5, 0.6) is 0 Å². The third-order valence-corrected chi connectivity index (χ3v) is 6.55.